The fourth-order valence-electron chi connectivity index (χ4n) is 1.18. The van der Waals surface area contributed by atoms with Gasteiger partial charge in [-0.3, -0.25) is 5.32 Å². The van der Waals surface area contributed by atoms with Crippen LogP contribution in [0.25, 0.3) is 0 Å². The average molecular weight is 251 g/mol. The van der Waals surface area contributed by atoms with Crippen molar-refractivity contribution in [2.75, 3.05) is 13.2 Å². The molecule has 0 saturated carbocycles. The van der Waals surface area contributed by atoms with Gasteiger partial charge in [-0.1, -0.05) is 0 Å². The fourth-order valence-corrected chi connectivity index (χ4v) is 1.18. The minimum Gasteiger partial charge on any atom is -0.393 e. The Morgan fingerprint density at radius 1 is 1.29 bits per heavy atom. The Morgan fingerprint density at radius 2 is 1.79 bits per heavy atom. The predicted octanol–water partition coefficient (Wildman–Crippen LogP) is -2.84. The maximum Gasteiger partial charge on any atom is 0.119 e. The van der Waals surface area contributed by atoms with Gasteiger partial charge in [-0.2, -0.15) is 0 Å². The summed E-state index contributed by atoms with van der Waals surface area (Å²) in [6.45, 7) is -0.451. The Kier molecular flexibility index (Phi) is 7.23. The highest BCUT2D eigenvalue weighted by Crippen LogP contribution is 2.15. The quantitative estimate of drug-likeness (QED) is 0.299. The number of nitrogens with one attached hydrogen (secondary N) is 1. The zero-order chi connectivity index (χ0) is 9.35. The molecule has 0 bridgehead atoms. The molecule has 6 nitrogen and oxygen atoms in total. The number of hydrogen-bond donors (Lipinski definition) is 6. The first kappa shape index (κ1) is 16.8. The van der Waals surface area contributed by atoms with Crippen LogP contribution in [0.1, 0.15) is 0 Å². The molecule has 1 heterocycles. The average Bonchev–Trinajstić information content (AvgIpc) is 2.09. The van der Waals surface area contributed by atoms with Crippen molar-refractivity contribution < 1.29 is 20.4 Å². The summed E-state index contributed by atoms with van der Waals surface area (Å²) in [7, 11) is 0. The van der Waals surface area contributed by atoms with Crippen molar-refractivity contribution in [3.8, 4) is 0 Å². The third-order valence-electron chi connectivity index (χ3n) is 2.15. The summed E-state index contributed by atoms with van der Waals surface area (Å²) in [6.07, 6.45) is -3.74. The van der Waals surface area contributed by atoms with Crippen LogP contribution in [0.3, 0.4) is 0 Å². The molecule has 0 amide bonds. The molecule has 0 radical (unpaired) electrons. The van der Waals surface area contributed by atoms with E-state index in [2.05, 4.69) is 5.32 Å². The molecule has 4 unspecified atom stereocenters. The standard InChI is InChI=1S/C6H14N2O4.2ClH/c7-6(2-9)5(12)4(11)3(10)1-8-6;;/h3-5,8-12H,1-2,7H2;2*1H. The molecule has 0 aromatic heterocycles. The second kappa shape index (κ2) is 6.04. The van der Waals surface area contributed by atoms with Crippen molar-refractivity contribution in [2.24, 2.45) is 5.73 Å². The van der Waals surface area contributed by atoms with Crippen LogP contribution in [0.4, 0.5) is 0 Å². The lowest BCUT2D eigenvalue weighted by atomic mass is 9.91. The van der Waals surface area contributed by atoms with Gasteiger partial charge in [0.25, 0.3) is 0 Å². The summed E-state index contributed by atoms with van der Waals surface area (Å²) in [4.78, 5) is 0. The summed E-state index contributed by atoms with van der Waals surface area (Å²) in [5.74, 6) is 0. The van der Waals surface area contributed by atoms with Crippen LogP contribution in [0, 0.1) is 0 Å². The van der Waals surface area contributed by atoms with Gasteiger partial charge in [0, 0.05) is 6.54 Å². The van der Waals surface area contributed by atoms with Gasteiger partial charge >= 0.3 is 0 Å². The molecule has 1 saturated heterocycles. The fraction of sp³-hybridized carbons (Fsp3) is 1.00. The number of piperidine rings is 1. The highest BCUT2D eigenvalue weighted by molar-refractivity contribution is 5.85. The summed E-state index contributed by atoms with van der Waals surface area (Å²) >= 11 is 0. The Hall–Kier alpha value is 0.340. The molecule has 1 aliphatic rings. The van der Waals surface area contributed by atoms with E-state index >= 15 is 0 Å². The van der Waals surface area contributed by atoms with Crippen molar-refractivity contribution in [3.05, 3.63) is 0 Å². The molecular formula is C6H16Cl2N2O4. The van der Waals surface area contributed by atoms with Crippen molar-refractivity contribution in [2.45, 2.75) is 24.0 Å². The van der Waals surface area contributed by atoms with Gasteiger partial charge in [0.05, 0.1) is 12.7 Å². The normalized spacial score (nSPS) is 42.2. The van der Waals surface area contributed by atoms with Crippen LogP contribution in [-0.4, -0.2) is 57.6 Å². The number of hydrogen-bond acceptors (Lipinski definition) is 6. The maximum atomic E-state index is 9.31. The Labute approximate surface area is 93.9 Å². The van der Waals surface area contributed by atoms with E-state index in [0.717, 1.165) is 0 Å². The van der Waals surface area contributed by atoms with Gasteiger partial charge in [0.15, 0.2) is 0 Å². The number of rotatable bonds is 1. The van der Waals surface area contributed by atoms with Gasteiger partial charge in [0.1, 0.15) is 17.9 Å². The molecule has 7 N–H and O–H groups in total. The molecule has 1 fully saturated rings. The number of nitrogens with two attached hydrogens (primary N) is 1. The predicted molar refractivity (Wildman–Crippen MR) is 54.5 cm³/mol. The van der Waals surface area contributed by atoms with E-state index in [9.17, 15) is 10.2 Å². The largest absolute Gasteiger partial charge is 0.393 e. The first-order valence-electron chi connectivity index (χ1n) is 3.70. The van der Waals surface area contributed by atoms with Gasteiger partial charge < -0.3 is 26.2 Å². The molecule has 4 atom stereocenters. The van der Waals surface area contributed by atoms with Gasteiger partial charge in [-0.05, 0) is 0 Å². The van der Waals surface area contributed by atoms with Crippen LogP contribution in [0.5, 0.6) is 0 Å². The van der Waals surface area contributed by atoms with Crippen molar-refractivity contribution in [1.82, 2.24) is 5.32 Å². The highest BCUT2D eigenvalue weighted by atomic mass is 35.5. The Balaban J connectivity index is 0. The lowest BCUT2D eigenvalue weighted by molar-refractivity contribution is -0.131. The third kappa shape index (κ3) is 2.91. The van der Waals surface area contributed by atoms with E-state index in [-0.39, 0.29) is 31.4 Å². The van der Waals surface area contributed by atoms with Crippen molar-refractivity contribution in [3.63, 3.8) is 0 Å². The number of aliphatic hydroxyl groups is 4. The van der Waals surface area contributed by atoms with E-state index < -0.39 is 30.6 Å². The van der Waals surface area contributed by atoms with Gasteiger partial charge in [-0.15, -0.1) is 24.8 Å². The van der Waals surface area contributed by atoms with E-state index in [1.807, 2.05) is 0 Å². The van der Waals surface area contributed by atoms with Crippen LogP contribution in [-0.2, 0) is 0 Å². The summed E-state index contributed by atoms with van der Waals surface area (Å²) < 4.78 is 0. The zero-order valence-electron chi connectivity index (χ0n) is 7.33. The molecule has 8 heteroatoms. The first-order valence-corrected chi connectivity index (χ1v) is 3.70. The highest BCUT2D eigenvalue weighted by Gasteiger charge is 2.44. The monoisotopic (exact) mass is 250 g/mol. The molecule has 1 rings (SSSR count). The van der Waals surface area contributed by atoms with Crippen LogP contribution in [0.15, 0.2) is 0 Å². The molecule has 0 spiro atoms. The van der Waals surface area contributed by atoms with E-state index in [1.165, 1.54) is 0 Å². The molecule has 1 aliphatic heterocycles. The smallest absolute Gasteiger partial charge is 0.119 e. The van der Waals surface area contributed by atoms with Crippen molar-refractivity contribution >= 4 is 24.8 Å². The lowest BCUT2D eigenvalue weighted by Gasteiger charge is -2.42. The number of aliphatic hydroxyl groups excluding tert-OH is 4. The lowest BCUT2D eigenvalue weighted by Crippen LogP contribution is -2.74. The maximum absolute atomic E-state index is 9.31. The summed E-state index contributed by atoms with van der Waals surface area (Å²) in [5, 5.41) is 38.9. The van der Waals surface area contributed by atoms with E-state index in [4.69, 9.17) is 15.9 Å². The van der Waals surface area contributed by atoms with Crippen molar-refractivity contribution in [1.29, 1.82) is 0 Å². The van der Waals surface area contributed by atoms with Crippen LogP contribution >= 0.6 is 24.8 Å². The topological polar surface area (TPSA) is 119 Å². The first-order chi connectivity index (χ1) is 5.51. The second-order valence-corrected chi connectivity index (χ2v) is 3.08. The Morgan fingerprint density at radius 3 is 2.21 bits per heavy atom. The number of β-amino-alcohol motifs (C(OH)–C–C–N with tert-alkyl or cyclic N) is 1. The third-order valence-corrected chi connectivity index (χ3v) is 2.15. The van der Waals surface area contributed by atoms with Gasteiger partial charge in [0.2, 0.25) is 0 Å². The summed E-state index contributed by atoms with van der Waals surface area (Å²) in [6, 6.07) is 0. The van der Waals surface area contributed by atoms with Crippen LogP contribution < -0.4 is 11.1 Å². The van der Waals surface area contributed by atoms with E-state index in [1.54, 1.807) is 0 Å². The minimum atomic E-state index is -1.42. The molecule has 0 aromatic rings. The van der Waals surface area contributed by atoms with Crippen LogP contribution in [0.2, 0.25) is 0 Å². The van der Waals surface area contributed by atoms with E-state index in [0.29, 0.717) is 0 Å². The Bertz CT molecular complexity index is 176. The molecule has 0 aliphatic carbocycles. The summed E-state index contributed by atoms with van der Waals surface area (Å²) in [5.41, 5.74) is 4.05. The minimum absolute atomic E-state index is 0. The second-order valence-electron chi connectivity index (χ2n) is 3.08. The SMILES string of the molecule is Cl.Cl.NC1(CO)NCC(O)C(O)C1O. The molecule has 88 valence electrons. The number of halogens is 2. The molecule has 0 aromatic carbocycles. The van der Waals surface area contributed by atoms with Gasteiger partial charge in [-0.25, -0.2) is 0 Å². The zero-order valence-corrected chi connectivity index (χ0v) is 8.96. The molecule has 14 heavy (non-hydrogen) atoms. The molecular weight excluding hydrogens is 235 g/mol.